The molecule has 2 aliphatic heterocycles. The van der Waals surface area contributed by atoms with Crippen LogP contribution in [0.2, 0.25) is 0 Å². The fraction of sp³-hybridized carbons (Fsp3) is 0.471. The Labute approximate surface area is 129 Å². The summed E-state index contributed by atoms with van der Waals surface area (Å²) in [5, 5.41) is 0. The van der Waals surface area contributed by atoms with Gasteiger partial charge in [0.25, 0.3) is 5.91 Å². The summed E-state index contributed by atoms with van der Waals surface area (Å²) in [6.45, 7) is 3.63. The van der Waals surface area contributed by atoms with E-state index in [-0.39, 0.29) is 5.91 Å². The first kappa shape index (κ1) is 13.6. The number of amides is 1. The lowest BCUT2D eigenvalue weighted by Crippen LogP contribution is -2.44. The van der Waals surface area contributed by atoms with Gasteiger partial charge in [-0.15, -0.1) is 0 Å². The lowest BCUT2D eigenvalue weighted by Gasteiger charge is -2.36. The Bertz CT molecular complexity index is 620. The highest BCUT2D eigenvalue weighted by molar-refractivity contribution is 5.91. The summed E-state index contributed by atoms with van der Waals surface area (Å²) in [5.41, 5.74) is 1.21. The number of nitrogens with zero attached hydrogens (tertiary/aromatic N) is 2. The SMILES string of the molecule is O=C(c1ccco1)N1C[C@H]2CCCN(Cc3ccoc3)[C@H]2C1. The molecule has 0 saturated carbocycles. The molecule has 22 heavy (non-hydrogen) atoms. The fourth-order valence-electron chi connectivity index (χ4n) is 3.81. The van der Waals surface area contributed by atoms with Crippen molar-refractivity contribution in [3.63, 3.8) is 0 Å². The molecule has 5 heteroatoms. The topological polar surface area (TPSA) is 49.8 Å². The maximum atomic E-state index is 12.5. The number of fused-ring (bicyclic) bond motifs is 1. The average Bonchev–Trinajstić information content (AvgIpc) is 3.28. The average molecular weight is 300 g/mol. The van der Waals surface area contributed by atoms with Gasteiger partial charge in [-0.1, -0.05) is 0 Å². The van der Waals surface area contributed by atoms with Gasteiger partial charge in [-0.05, 0) is 43.5 Å². The minimum atomic E-state index is 0.0164. The molecule has 2 aromatic heterocycles. The fourth-order valence-corrected chi connectivity index (χ4v) is 3.81. The van der Waals surface area contributed by atoms with E-state index < -0.39 is 0 Å². The lowest BCUT2D eigenvalue weighted by atomic mass is 9.92. The molecule has 0 N–H and O–H groups in total. The van der Waals surface area contributed by atoms with Crippen LogP contribution in [-0.4, -0.2) is 41.4 Å². The Morgan fingerprint density at radius 1 is 1.27 bits per heavy atom. The zero-order valence-electron chi connectivity index (χ0n) is 12.5. The second kappa shape index (κ2) is 5.65. The van der Waals surface area contributed by atoms with Crippen LogP contribution in [0.4, 0.5) is 0 Å². The second-order valence-electron chi connectivity index (χ2n) is 6.26. The van der Waals surface area contributed by atoms with Gasteiger partial charge in [0, 0.05) is 31.2 Å². The molecular weight excluding hydrogens is 280 g/mol. The molecule has 2 aliphatic rings. The van der Waals surface area contributed by atoms with Crippen LogP contribution in [0, 0.1) is 5.92 Å². The predicted octanol–water partition coefficient (Wildman–Crippen LogP) is 2.61. The van der Waals surface area contributed by atoms with Crippen LogP contribution in [0.1, 0.15) is 29.0 Å². The highest BCUT2D eigenvalue weighted by Crippen LogP contribution is 2.32. The van der Waals surface area contributed by atoms with E-state index in [0.29, 0.717) is 17.7 Å². The van der Waals surface area contributed by atoms with Crippen molar-refractivity contribution in [1.82, 2.24) is 9.80 Å². The van der Waals surface area contributed by atoms with Gasteiger partial charge in [0.2, 0.25) is 0 Å². The van der Waals surface area contributed by atoms with Crippen molar-refractivity contribution in [1.29, 1.82) is 0 Å². The summed E-state index contributed by atoms with van der Waals surface area (Å²) in [7, 11) is 0. The molecule has 2 aromatic rings. The maximum Gasteiger partial charge on any atom is 0.289 e. The van der Waals surface area contributed by atoms with Crippen molar-refractivity contribution < 1.29 is 13.6 Å². The van der Waals surface area contributed by atoms with E-state index in [1.165, 1.54) is 18.4 Å². The van der Waals surface area contributed by atoms with E-state index in [2.05, 4.69) is 4.90 Å². The molecular formula is C17H20N2O3. The number of furan rings is 2. The van der Waals surface area contributed by atoms with Crippen LogP contribution in [0.5, 0.6) is 0 Å². The second-order valence-corrected chi connectivity index (χ2v) is 6.26. The van der Waals surface area contributed by atoms with Gasteiger partial charge in [-0.2, -0.15) is 0 Å². The van der Waals surface area contributed by atoms with Crippen molar-refractivity contribution >= 4 is 5.91 Å². The van der Waals surface area contributed by atoms with Crippen LogP contribution in [-0.2, 0) is 6.54 Å². The number of hydrogen-bond acceptors (Lipinski definition) is 4. The van der Waals surface area contributed by atoms with E-state index in [1.807, 2.05) is 17.2 Å². The van der Waals surface area contributed by atoms with E-state index >= 15 is 0 Å². The summed E-state index contributed by atoms with van der Waals surface area (Å²) in [6.07, 6.45) is 7.49. The number of hydrogen-bond donors (Lipinski definition) is 0. The third kappa shape index (κ3) is 2.46. The largest absolute Gasteiger partial charge is 0.472 e. The van der Waals surface area contributed by atoms with Crippen molar-refractivity contribution in [3.8, 4) is 0 Å². The number of likely N-dealkylation sites (tertiary alicyclic amines) is 2. The molecule has 0 radical (unpaired) electrons. The summed E-state index contributed by atoms with van der Waals surface area (Å²) in [6, 6.07) is 5.97. The highest BCUT2D eigenvalue weighted by atomic mass is 16.3. The highest BCUT2D eigenvalue weighted by Gasteiger charge is 2.41. The Kier molecular flexibility index (Phi) is 3.50. The lowest BCUT2D eigenvalue weighted by molar-refractivity contribution is 0.0743. The quantitative estimate of drug-likeness (QED) is 0.874. The van der Waals surface area contributed by atoms with Gasteiger partial charge < -0.3 is 13.7 Å². The van der Waals surface area contributed by atoms with Crippen LogP contribution in [0.3, 0.4) is 0 Å². The molecule has 0 aromatic carbocycles. The Morgan fingerprint density at radius 3 is 3.00 bits per heavy atom. The van der Waals surface area contributed by atoms with Crippen LogP contribution in [0.15, 0.2) is 45.8 Å². The minimum Gasteiger partial charge on any atom is -0.472 e. The van der Waals surface area contributed by atoms with Gasteiger partial charge >= 0.3 is 0 Å². The number of rotatable bonds is 3. The monoisotopic (exact) mass is 300 g/mol. The van der Waals surface area contributed by atoms with Crippen molar-refractivity contribution in [2.75, 3.05) is 19.6 Å². The number of carbonyl (C=O) groups excluding carboxylic acids is 1. The van der Waals surface area contributed by atoms with Crippen LogP contribution in [0.25, 0.3) is 0 Å². The summed E-state index contributed by atoms with van der Waals surface area (Å²) >= 11 is 0. The Morgan fingerprint density at radius 2 is 2.23 bits per heavy atom. The van der Waals surface area contributed by atoms with Gasteiger partial charge in [0.15, 0.2) is 5.76 Å². The zero-order chi connectivity index (χ0) is 14.9. The van der Waals surface area contributed by atoms with E-state index in [1.54, 1.807) is 24.7 Å². The van der Waals surface area contributed by atoms with Gasteiger partial charge in [0.1, 0.15) is 0 Å². The van der Waals surface area contributed by atoms with Crippen LogP contribution < -0.4 is 0 Å². The van der Waals surface area contributed by atoms with E-state index in [0.717, 1.165) is 26.2 Å². The molecule has 0 aliphatic carbocycles. The normalized spacial score (nSPS) is 25.4. The van der Waals surface area contributed by atoms with Gasteiger partial charge in [-0.3, -0.25) is 9.69 Å². The molecule has 2 atom stereocenters. The predicted molar refractivity (Wildman–Crippen MR) is 80.2 cm³/mol. The molecule has 0 unspecified atom stereocenters. The summed E-state index contributed by atoms with van der Waals surface area (Å²) < 4.78 is 10.4. The molecule has 4 heterocycles. The Hall–Kier alpha value is -2.01. The smallest absolute Gasteiger partial charge is 0.289 e. The first-order chi connectivity index (χ1) is 10.8. The molecule has 2 fully saturated rings. The van der Waals surface area contributed by atoms with Gasteiger partial charge in [0.05, 0.1) is 18.8 Å². The molecule has 5 nitrogen and oxygen atoms in total. The van der Waals surface area contributed by atoms with Crippen molar-refractivity contribution in [3.05, 3.63) is 48.3 Å². The van der Waals surface area contributed by atoms with Gasteiger partial charge in [-0.25, -0.2) is 0 Å². The summed E-state index contributed by atoms with van der Waals surface area (Å²) in [5.74, 6) is 1.03. The molecule has 116 valence electrons. The third-order valence-electron chi connectivity index (χ3n) is 4.88. The summed E-state index contributed by atoms with van der Waals surface area (Å²) in [4.78, 5) is 16.9. The number of carbonyl (C=O) groups is 1. The third-order valence-corrected chi connectivity index (χ3v) is 4.88. The minimum absolute atomic E-state index is 0.0164. The standard InChI is InChI=1S/C17H20N2O3/c20-17(16-4-2-7-22-16)19-10-14-3-1-6-18(15(14)11-19)9-13-5-8-21-12-13/h2,4-5,7-8,12,14-15H,1,3,6,9-11H2/t14-,15+/m1/s1. The Balaban J connectivity index is 1.47. The van der Waals surface area contributed by atoms with Crippen LogP contribution >= 0.6 is 0 Å². The first-order valence-electron chi connectivity index (χ1n) is 7.89. The van der Waals surface area contributed by atoms with E-state index in [4.69, 9.17) is 8.83 Å². The van der Waals surface area contributed by atoms with Crippen molar-refractivity contribution in [2.45, 2.75) is 25.4 Å². The molecule has 0 bridgehead atoms. The molecule has 0 spiro atoms. The number of piperidine rings is 1. The molecule has 1 amide bonds. The van der Waals surface area contributed by atoms with Crippen molar-refractivity contribution in [2.24, 2.45) is 5.92 Å². The first-order valence-corrected chi connectivity index (χ1v) is 7.89. The molecule has 4 rings (SSSR count). The molecule has 2 saturated heterocycles. The van der Waals surface area contributed by atoms with E-state index in [9.17, 15) is 4.79 Å². The zero-order valence-corrected chi connectivity index (χ0v) is 12.5. The maximum absolute atomic E-state index is 12.5.